The van der Waals surface area contributed by atoms with Gasteiger partial charge in [-0.15, -0.1) is 0 Å². The standard InChI is InChI=1S/C21H24N4O3/c1-12-22-20-23-14-10-21(2,3)11-15(26)18(14)19(25(20)24-12)13-5-6-16-17(9-13)28-8-4-7-27-16/h5-6,9,19H,4,7-8,10-11H2,1-3H3,(H,22,23,24). The number of anilines is 1. The van der Waals surface area contributed by atoms with Gasteiger partial charge in [0.25, 0.3) is 0 Å². The van der Waals surface area contributed by atoms with E-state index < -0.39 is 0 Å². The predicted molar refractivity (Wildman–Crippen MR) is 104 cm³/mol. The molecule has 1 atom stereocenters. The zero-order valence-electron chi connectivity index (χ0n) is 16.4. The average Bonchev–Trinajstić information content (AvgIpc) is 2.84. The molecule has 146 valence electrons. The van der Waals surface area contributed by atoms with Gasteiger partial charge in [0.05, 0.1) is 13.2 Å². The fourth-order valence-electron chi connectivity index (χ4n) is 4.37. The lowest BCUT2D eigenvalue weighted by Crippen LogP contribution is -2.36. The molecule has 7 nitrogen and oxygen atoms in total. The number of Topliss-reactive ketones (excluding diaryl/α,β-unsaturated/α-hetero) is 1. The maximum Gasteiger partial charge on any atom is 0.226 e. The number of aromatic nitrogens is 3. The first kappa shape index (κ1) is 17.3. The molecule has 5 rings (SSSR count). The minimum atomic E-state index is -0.312. The van der Waals surface area contributed by atoms with E-state index in [0.717, 1.165) is 41.2 Å². The summed E-state index contributed by atoms with van der Waals surface area (Å²) in [5.74, 6) is 2.98. The molecule has 2 aliphatic heterocycles. The van der Waals surface area contributed by atoms with Crippen LogP contribution >= 0.6 is 0 Å². The normalized spacial score (nSPS) is 22.8. The van der Waals surface area contributed by atoms with Crippen molar-refractivity contribution in [2.24, 2.45) is 5.41 Å². The van der Waals surface area contributed by atoms with Gasteiger partial charge in [0.15, 0.2) is 17.3 Å². The number of benzene rings is 1. The van der Waals surface area contributed by atoms with Crippen molar-refractivity contribution in [1.82, 2.24) is 14.8 Å². The van der Waals surface area contributed by atoms with Crippen LogP contribution in [0, 0.1) is 12.3 Å². The monoisotopic (exact) mass is 380 g/mol. The zero-order valence-corrected chi connectivity index (χ0v) is 16.4. The maximum atomic E-state index is 13.2. The van der Waals surface area contributed by atoms with Crippen molar-refractivity contribution in [3.8, 4) is 11.5 Å². The van der Waals surface area contributed by atoms with E-state index in [4.69, 9.17) is 9.47 Å². The summed E-state index contributed by atoms with van der Waals surface area (Å²) >= 11 is 0. The van der Waals surface area contributed by atoms with E-state index in [-0.39, 0.29) is 17.2 Å². The first-order valence-corrected chi connectivity index (χ1v) is 9.77. The molecular weight excluding hydrogens is 356 g/mol. The molecule has 0 saturated heterocycles. The summed E-state index contributed by atoms with van der Waals surface area (Å²) < 4.78 is 13.5. The van der Waals surface area contributed by atoms with E-state index in [9.17, 15) is 4.79 Å². The smallest absolute Gasteiger partial charge is 0.226 e. The molecule has 28 heavy (non-hydrogen) atoms. The topological polar surface area (TPSA) is 78.3 Å². The first-order valence-electron chi connectivity index (χ1n) is 9.77. The molecule has 3 heterocycles. The fraction of sp³-hybridized carbons (Fsp3) is 0.476. The number of fused-ring (bicyclic) bond motifs is 2. The summed E-state index contributed by atoms with van der Waals surface area (Å²) in [4.78, 5) is 17.7. The molecule has 0 radical (unpaired) electrons. The van der Waals surface area contributed by atoms with Gasteiger partial charge in [-0.3, -0.25) is 4.79 Å². The van der Waals surface area contributed by atoms with Crippen molar-refractivity contribution in [3.63, 3.8) is 0 Å². The Morgan fingerprint density at radius 2 is 1.96 bits per heavy atom. The van der Waals surface area contributed by atoms with Crippen LogP contribution < -0.4 is 14.8 Å². The number of nitrogens with zero attached hydrogens (tertiary/aromatic N) is 3. The highest BCUT2D eigenvalue weighted by Crippen LogP contribution is 2.46. The van der Waals surface area contributed by atoms with E-state index in [0.29, 0.717) is 31.4 Å². The quantitative estimate of drug-likeness (QED) is 0.817. The molecule has 0 spiro atoms. The number of nitrogens with one attached hydrogen (secondary N) is 1. The second-order valence-corrected chi connectivity index (χ2v) is 8.54. The summed E-state index contributed by atoms with van der Waals surface area (Å²) in [6.07, 6.45) is 2.19. The Morgan fingerprint density at radius 1 is 1.18 bits per heavy atom. The van der Waals surface area contributed by atoms with E-state index in [1.807, 2.05) is 29.8 Å². The third-order valence-electron chi connectivity index (χ3n) is 5.53. The molecule has 1 aromatic carbocycles. The van der Waals surface area contributed by atoms with Crippen LogP contribution in [-0.4, -0.2) is 33.8 Å². The van der Waals surface area contributed by atoms with Crippen LogP contribution in [0.1, 0.15) is 50.5 Å². The van der Waals surface area contributed by atoms with Gasteiger partial charge in [-0.1, -0.05) is 19.9 Å². The van der Waals surface area contributed by atoms with Crippen LogP contribution in [0.5, 0.6) is 11.5 Å². The Balaban J connectivity index is 1.67. The average molecular weight is 380 g/mol. The number of rotatable bonds is 1. The van der Waals surface area contributed by atoms with Crippen LogP contribution in [0.3, 0.4) is 0 Å². The number of allylic oxidation sites excluding steroid dienone is 2. The van der Waals surface area contributed by atoms with Gasteiger partial charge in [-0.05, 0) is 36.5 Å². The van der Waals surface area contributed by atoms with E-state index in [1.54, 1.807) is 0 Å². The van der Waals surface area contributed by atoms with Crippen LogP contribution in [0.25, 0.3) is 0 Å². The van der Waals surface area contributed by atoms with E-state index in [1.165, 1.54) is 0 Å². The second kappa shape index (κ2) is 6.09. The van der Waals surface area contributed by atoms with Gasteiger partial charge in [0.2, 0.25) is 5.95 Å². The number of hydrogen-bond acceptors (Lipinski definition) is 6. The third-order valence-corrected chi connectivity index (χ3v) is 5.53. The zero-order chi connectivity index (χ0) is 19.5. The number of carbonyl (C=O) groups is 1. The van der Waals surface area contributed by atoms with Crippen molar-refractivity contribution in [1.29, 1.82) is 0 Å². The fourth-order valence-corrected chi connectivity index (χ4v) is 4.37. The lowest BCUT2D eigenvalue weighted by atomic mass is 9.73. The van der Waals surface area contributed by atoms with E-state index >= 15 is 0 Å². The molecular formula is C21H24N4O3. The SMILES string of the molecule is Cc1nc2n(n1)C(c1ccc3c(c1)OCCCO3)C1=C(CC(C)(C)CC1=O)N2. The van der Waals surface area contributed by atoms with Crippen LogP contribution in [0.4, 0.5) is 5.95 Å². The van der Waals surface area contributed by atoms with Gasteiger partial charge in [0.1, 0.15) is 11.9 Å². The molecule has 0 bridgehead atoms. The number of hydrogen-bond donors (Lipinski definition) is 1. The number of ketones is 1. The minimum Gasteiger partial charge on any atom is -0.490 e. The van der Waals surface area contributed by atoms with Crippen molar-refractivity contribution in [2.75, 3.05) is 18.5 Å². The Labute approximate surface area is 163 Å². The van der Waals surface area contributed by atoms with Crippen molar-refractivity contribution in [2.45, 2.75) is 46.1 Å². The molecule has 0 saturated carbocycles. The molecule has 0 fully saturated rings. The molecule has 1 N–H and O–H groups in total. The third kappa shape index (κ3) is 2.77. The predicted octanol–water partition coefficient (Wildman–Crippen LogP) is 3.41. The molecule has 7 heteroatoms. The van der Waals surface area contributed by atoms with Crippen molar-refractivity contribution in [3.05, 3.63) is 40.9 Å². The van der Waals surface area contributed by atoms with Gasteiger partial charge < -0.3 is 14.8 Å². The van der Waals surface area contributed by atoms with E-state index in [2.05, 4.69) is 29.2 Å². The van der Waals surface area contributed by atoms with Crippen LogP contribution in [-0.2, 0) is 4.79 Å². The lowest BCUT2D eigenvalue weighted by molar-refractivity contribution is -0.118. The Bertz CT molecular complexity index is 1010. The Kier molecular flexibility index (Phi) is 3.76. The summed E-state index contributed by atoms with van der Waals surface area (Å²) in [6.45, 7) is 7.39. The van der Waals surface area contributed by atoms with Crippen LogP contribution in [0.15, 0.2) is 29.5 Å². The summed E-state index contributed by atoms with van der Waals surface area (Å²) in [5.41, 5.74) is 2.62. The van der Waals surface area contributed by atoms with Crippen molar-refractivity contribution >= 4 is 11.7 Å². The minimum absolute atomic E-state index is 0.0740. The molecule has 1 unspecified atom stereocenters. The Morgan fingerprint density at radius 3 is 2.79 bits per heavy atom. The molecule has 0 amide bonds. The molecule has 1 aromatic heterocycles. The highest BCUT2D eigenvalue weighted by molar-refractivity contribution is 6.00. The van der Waals surface area contributed by atoms with Gasteiger partial charge in [-0.25, -0.2) is 4.68 Å². The lowest BCUT2D eigenvalue weighted by Gasteiger charge is -2.38. The molecule has 3 aliphatic rings. The number of carbonyl (C=O) groups excluding carboxylic acids is 1. The highest BCUT2D eigenvalue weighted by atomic mass is 16.5. The summed E-state index contributed by atoms with van der Waals surface area (Å²) in [5, 5.41) is 7.96. The Hall–Kier alpha value is -2.83. The maximum absolute atomic E-state index is 13.2. The van der Waals surface area contributed by atoms with Gasteiger partial charge >= 0.3 is 0 Å². The summed E-state index contributed by atoms with van der Waals surface area (Å²) in [6, 6.07) is 5.60. The van der Waals surface area contributed by atoms with Gasteiger partial charge in [0, 0.05) is 24.1 Å². The second-order valence-electron chi connectivity index (χ2n) is 8.54. The number of aryl methyl sites for hydroxylation is 1. The first-order chi connectivity index (χ1) is 13.4. The number of ether oxygens (including phenoxy) is 2. The highest BCUT2D eigenvalue weighted by Gasteiger charge is 2.41. The van der Waals surface area contributed by atoms with Crippen molar-refractivity contribution < 1.29 is 14.3 Å². The van der Waals surface area contributed by atoms with Gasteiger partial charge in [-0.2, -0.15) is 10.1 Å². The molecule has 1 aliphatic carbocycles. The van der Waals surface area contributed by atoms with Crippen LogP contribution in [0.2, 0.25) is 0 Å². The largest absolute Gasteiger partial charge is 0.490 e. The molecule has 2 aromatic rings. The summed E-state index contributed by atoms with van der Waals surface area (Å²) in [7, 11) is 0.